The predicted molar refractivity (Wildman–Crippen MR) is 83.3 cm³/mol. The Hall–Kier alpha value is -1.35. The Morgan fingerprint density at radius 3 is 3.00 bits per heavy atom. The summed E-state index contributed by atoms with van der Waals surface area (Å²) in [6.07, 6.45) is 7.69. The van der Waals surface area contributed by atoms with Crippen LogP contribution in [-0.2, 0) is 11.8 Å². The monoisotopic (exact) mass is 284 g/mol. The second-order valence-corrected chi connectivity index (χ2v) is 7.25. The zero-order chi connectivity index (χ0) is 14.6. The van der Waals surface area contributed by atoms with Gasteiger partial charge in [0.25, 0.3) is 0 Å². The fourth-order valence-electron chi connectivity index (χ4n) is 5.35. The number of carbonyl (C=O) groups excluding carboxylic acids is 1. The number of fused-ring (bicyclic) bond motifs is 1. The van der Waals surface area contributed by atoms with Crippen molar-refractivity contribution in [1.82, 2.24) is 4.90 Å². The molecule has 2 aliphatic carbocycles. The minimum atomic E-state index is -0.295. The third-order valence-corrected chi connectivity index (χ3v) is 6.40. The van der Waals surface area contributed by atoms with Gasteiger partial charge in [-0.25, -0.2) is 0 Å². The van der Waals surface area contributed by atoms with Crippen molar-refractivity contribution >= 4 is 5.91 Å². The number of nitrogens with zero attached hydrogens (tertiary/aromatic N) is 1. The lowest BCUT2D eigenvalue weighted by molar-refractivity contribution is 0.00283. The molecule has 1 aromatic rings. The zero-order valence-electron chi connectivity index (χ0n) is 12.8. The van der Waals surface area contributed by atoms with Gasteiger partial charge in [-0.1, -0.05) is 18.9 Å². The van der Waals surface area contributed by atoms with E-state index in [0.717, 1.165) is 12.3 Å². The van der Waals surface area contributed by atoms with Gasteiger partial charge >= 0.3 is 0 Å². The van der Waals surface area contributed by atoms with Gasteiger partial charge in [-0.3, -0.25) is 4.79 Å². The second kappa shape index (κ2) is 4.57. The lowest BCUT2D eigenvalue weighted by Gasteiger charge is -2.58. The fraction of sp³-hybridized carbons (Fsp3) is 0.611. The van der Waals surface area contributed by atoms with Crippen molar-refractivity contribution in [2.45, 2.75) is 50.0 Å². The molecule has 3 heteroatoms. The number of likely N-dealkylation sites (tertiary alicyclic amines) is 1. The Morgan fingerprint density at radius 1 is 1.33 bits per heavy atom. The molecule has 0 unspecified atom stereocenters. The van der Waals surface area contributed by atoms with Crippen LogP contribution in [0.4, 0.5) is 0 Å². The number of primary amides is 1. The molecule has 0 radical (unpaired) electrons. The van der Waals surface area contributed by atoms with Crippen molar-refractivity contribution < 1.29 is 4.79 Å². The number of rotatable bonds is 1. The van der Waals surface area contributed by atoms with E-state index < -0.39 is 0 Å². The van der Waals surface area contributed by atoms with Gasteiger partial charge < -0.3 is 10.6 Å². The lowest BCUT2D eigenvalue weighted by Crippen LogP contribution is -2.59. The van der Waals surface area contributed by atoms with Crippen molar-refractivity contribution in [3.05, 3.63) is 34.9 Å². The summed E-state index contributed by atoms with van der Waals surface area (Å²) in [6.45, 7) is 1.18. The van der Waals surface area contributed by atoms with Gasteiger partial charge in [0.15, 0.2) is 0 Å². The normalized spacial score (nSPS) is 34.9. The van der Waals surface area contributed by atoms with E-state index in [0.29, 0.717) is 17.0 Å². The Morgan fingerprint density at radius 2 is 2.19 bits per heavy atom. The first-order valence-corrected chi connectivity index (χ1v) is 8.25. The maximum absolute atomic E-state index is 11.6. The molecule has 4 rings (SSSR count). The van der Waals surface area contributed by atoms with Gasteiger partial charge in [0.2, 0.25) is 5.91 Å². The lowest BCUT2D eigenvalue weighted by atomic mass is 9.52. The zero-order valence-corrected chi connectivity index (χ0v) is 12.8. The first-order valence-electron chi connectivity index (χ1n) is 8.25. The molecule has 1 amide bonds. The van der Waals surface area contributed by atoms with E-state index in [2.05, 4.69) is 24.1 Å². The van der Waals surface area contributed by atoms with Gasteiger partial charge in [0.1, 0.15) is 0 Å². The van der Waals surface area contributed by atoms with E-state index in [1.165, 1.54) is 49.8 Å². The summed E-state index contributed by atoms with van der Waals surface area (Å²) in [7, 11) is 2.28. The standard InChI is InChI=1S/C18H24N2O/c1-20-9-8-18-7-3-2-4-14(18)16(20)11-12-5-6-13(17(19)21)10-15(12)18/h5-6,10,14,16H,2-4,7-9,11H2,1H3,(H2,19,21)/t14-,16-,18+/m0/s1. The number of hydrogen-bond acceptors (Lipinski definition) is 2. The highest BCUT2D eigenvalue weighted by Gasteiger charge is 2.53. The molecule has 0 spiro atoms. The number of hydrogen-bond donors (Lipinski definition) is 1. The van der Waals surface area contributed by atoms with Crippen molar-refractivity contribution in [1.29, 1.82) is 0 Å². The van der Waals surface area contributed by atoms with E-state index in [1.807, 2.05) is 6.07 Å². The summed E-state index contributed by atoms with van der Waals surface area (Å²) >= 11 is 0. The smallest absolute Gasteiger partial charge is 0.248 e. The van der Waals surface area contributed by atoms with Crippen LogP contribution in [0.5, 0.6) is 0 Å². The molecule has 3 nitrogen and oxygen atoms in total. The SMILES string of the molecule is CN1CC[C@]23CCCC[C@H]2[C@@H]1Cc1ccc(C(N)=O)cc13. The summed E-state index contributed by atoms with van der Waals surface area (Å²) in [5, 5.41) is 0. The number of piperidine rings is 1. The van der Waals surface area contributed by atoms with Crippen LogP contribution in [0.2, 0.25) is 0 Å². The summed E-state index contributed by atoms with van der Waals surface area (Å²) in [6, 6.07) is 6.88. The quantitative estimate of drug-likeness (QED) is 0.861. The van der Waals surface area contributed by atoms with Gasteiger partial charge in [-0.05, 0) is 68.5 Å². The summed E-state index contributed by atoms with van der Waals surface area (Å²) < 4.78 is 0. The third-order valence-electron chi connectivity index (χ3n) is 6.40. The van der Waals surface area contributed by atoms with E-state index in [9.17, 15) is 4.79 Å². The molecular weight excluding hydrogens is 260 g/mol. The van der Waals surface area contributed by atoms with Gasteiger partial charge in [0, 0.05) is 17.0 Å². The van der Waals surface area contributed by atoms with Crippen molar-refractivity contribution in [3.63, 3.8) is 0 Å². The largest absolute Gasteiger partial charge is 0.366 e. The predicted octanol–water partition coefficient (Wildman–Crippen LogP) is 2.47. The van der Waals surface area contributed by atoms with Crippen molar-refractivity contribution in [2.24, 2.45) is 11.7 Å². The van der Waals surface area contributed by atoms with E-state index >= 15 is 0 Å². The van der Waals surface area contributed by atoms with Crippen LogP contribution in [0.1, 0.15) is 53.6 Å². The Bertz CT molecular complexity index is 597. The molecule has 3 aliphatic rings. The number of amides is 1. The highest BCUT2D eigenvalue weighted by Crippen LogP contribution is 2.55. The van der Waals surface area contributed by atoms with Gasteiger partial charge in [-0.2, -0.15) is 0 Å². The molecular formula is C18H24N2O. The molecule has 1 aliphatic heterocycles. The molecule has 1 saturated heterocycles. The maximum Gasteiger partial charge on any atom is 0.248 e. The Labute approximate surface area is 126 Å². The van der Waals surface area contributed by atoms with Gasteiger partial charge in [-0.15, -0.1) is 0 Å². The number of benzene rings is 1. The minimum Gasteiger partial charge on any atom is -0.366 e. The number of likely N-dealkylation sites (N-methyl/N-ethyl adjacent to an activating group) is 1. The van der Waals surface area contributed by atoms with Crippen molar-refractivity contribution in [3.8, 4) is 0 Å². The summed E-state index contributed by atoms with van der Waals surface area (Å²) in [5.74, 6) is 0.470. The van der Waals surface area contributed by atoms with Crippen molar-refractivity contribution in [2.75, 3.05) is 13.6 Å². The van der Waals surface area contributed by atoms with Crippen LogP contribution in [0.3, 0.4) is 0 Å². The third kappa shape index (κ3) is 1.80. The molecule has 3 atom stereocenters. The van der Waals surface area contributed by atoms with Crippen LogP contribution < -0.4 is 5.73 Å². The van der Waals surface area contributed by atoms with E-state index in [4.69, 9.17) is 5.73 Å². The molecule has 0 aromatic heterocycles. The first-order chi connectivity index (χ1) is 10.1. The van der Waals surface area contributed by atoms with Crippen LogP contribution in [-0.4, -0.2) is 30.4 Å². The van der Waals surface area contributed by atoms with E-state index in [1.54, 1.807) is 0 Å². The van der Waals surface area contributed by atoms with E-state index in [-0.39, 0.29) is 5.91 Å². The van der Waals surface area contributed by atoms with Gasteiger partial charge in [0.05, 0.1) is 0 Å². The first kappa shape index (κ1) is 13.3. The Kier molecular flexibility index (Phi) is 2.90. The molecule has 2 bridgehead atoms. The molecule has 1 aromatic carbocycles. The molecule has 1 saturated carbocycles. The topological polar surface area (TPSA) is 46.3 Å². The minimum absolute atomic E-state index is 0.295. The highest BCUT2D eigenvalue weighted by molar-refractivity contribution is 5.93. The summed E-state index contributed by atoms with van der Waals surface area (Å²) in [4.78, 5) is 14.2. The fourth-order valence-corrected chi connectivity index (χ4v) is 5.35. The molecule has 21 heavy (non-hydrogen) atoms. The second-order valence-electron chi connectivity index (χ2n) is 7.25. The average Bonchev–Trinajstić information content (AvgIpc) is 2.50. The average molecular weight is 284 g/mol. The molecule has 2 N–H and O–H groups in total. The summed E-state index contributed by atoms with van der Waals surface area (Å²) in [5.41, 5.74) is 9.42. The molecule has 2 fully saturated rings. The number of nitrogens with two attached hydrogens (primary N) is 1. The van der Waals surface area contributed by atoms with Crippen LogP contribution in [0.25, 0.3) is 0 Å². The molecule has 112 valence electrons. The van der Waals surface area contributed by atoms with Crippen LogP contribution in [0, 0.1) is 5.92 Å². The van der Waals surface area contributed by atoms with Crippen LogP contribution >= 0.6 is 0 Å². The van der Waals surface area contributed by atoms with Crippen LogP contribution in [0.15, 0.2) is 18.2 Å². The Balaban J connectivity index is 1.89. The number of carbonyl (C=O) groups is 1. The highest BCUT2D eigenvalue weighted by atomic mass is 16.1. The molecule has 1 heterocycles. The maximum atomic E-state index is 11.6.